The SMILES string of the molecule is NOCCc1cc(Cl)nnc1Cl. The zero-order valence-electron chi connectivity index (χ0n) is 6.13. The number of hydrogen-bond acceptors (Lipinski definition) is 4. The quantitative estimate of drug-likeness (QED) is 0.758. The van der Waals surface area contributed by atoms with Crippen LogP contribution in [0.25, 0.3) is 0 Å². The molecule has 1 aromatic heterocycles. The Labute approximate surface area is 79.6 Å². The van der Waals surface area contributed by atoms with E-state index in [1.807, 2.05) is 0 Å². The lowest BCUT2D eigenvalue weighted by Crippen LogP contribution is -2.04. The van der Waals surface area contributed by atoms with Gasteiger partial charge in [0.05, 0.1) is 6.61 Å². The Hall–Kier alpha value is -0.420. The third kappa shape index (κ3) is 2.57. The van der Waals surface area contributed by atoms with Crippen molar-refractivity contribution in [3.8, 4) is 0 Å². The molecule has 0 aliphatic rings. The van der Waals surface area contributed by atoms with Crippen LogP contribution >= 0.6 is 23.2 Å². The van der Waals surface area contributed by atoms with Gasteiger partial charge in [-0.15, -0.1) is 10.2 Å². The molecule has 0 bridgehead atoms. The van der Waals surface area contributed by atoms with Crippen LogP contribution in [0.3, 0.4) is 0 Å². The average molecular weight is 208 g/mol. The van der Waals surface area contributed by atoms with Crippen molar-refractivity contribution in [3.05, 3.63) is 21.9 Å². The van der Waals surface area contributed by atoms with Gasteiger partial charge < -0.3 is 4.84 Å². The van der Waals surface area contributed by atoms with Gasteiger partial charge >= 0.3 is 0 Å². The number of nitrogens with zero attached hydrogens (tertiary/aromatic N) is 2. The van der Waals surface area contributed by atoms with E-state index in [0.717, 1.165) is 5.56 Å². The van der Waals surface area contributed by atoms with Crippen LogP contribution in [-0.4, -0.2) is 16.8 Å². The van der Waals surface area contributed by atoms with E-state index in [-0.39, 0.29) is 0 Å². The molecule has 0 fully saturated rings. The predicted molar refractivity (Wildman–Crippen MR) is 45.9 cm³/mol. The first-order chi connectivity index (χ1) is 5.74. The maximum absolute atomic E-state index is 5.70. The highest BCUT2D eigenvalue weighted by molar-refractivity contribution is 6.31. The van der Waals surface area contributed by atoms with Crippen molar-refractivity contribution in [2.75, 3.05) is 6.61 Å². The molecule has 0 radical (unpaired) electrons. The number of hydrogen-bond donors (Lipinski definition) is 1. The number of aromatic nitrogens is 2. The van der Waals surface area contributed by atoms with Gasteiger partial charge in [0.1, 0.15) is 0 Å². The predicted octanol–water partition coefficient (Wildman–Crippen LogP) is 1.22. The molecule has 0 aliphatic heterocycles. The highest BCUT2D eigenvalue weighted by Crippen LogP contribution is 2.15. The lowest BCUT2D eigenvalue weighted by Gasteiger charge is -2.00. The van der Waals surface area contributed by atoms with E-state index in [1.165, 1.54) is 0 Å². The van der Waals surface area contributed by atoms with Crippen molar-refractivity contribution in [1.29, 1.82) is 0 Å². The second-order valence-corrected chi connectivity index (χ2v) is 2.85. The lowest BCUT2D eigenvalue weighted by atomic mass is 10.2. The molecule has 0 amide bonds. The van der Waals surface area contributed by atoms with Gasteiger partial charge in [-0.2, -0.15) is 0 Å². The van der Waals surface area contributed by atoms with Crippen molar-refractivity contribution in [2.45, 2.75) is 6.42 Å². The summed E-state index contributed by atoms with van der Waals surface area (Å²) in [6.07, 6.45) is 0.574. The molecule has 2 N–H and O–H groups in total. The fraction of sp³-hybridized carbons (Fsp3) is 0.333. The lowest BCUT2D eigenvalue weighted by molar-refractivity contribution is 0.141. The third-order valence-corrected chi connectivity index (χ3v) is 1.78. The fourth-order valence-electron chi connectivity index (χ4n) is 0.732. The second-order valence-electron chi connectivity index (χ2n) is 2.10. The summed E-state index contributed by atoms with van der Waals surface area (Å²) in [6.45, 7) is 0.377. The van der Waals surface area contributed by atoms with Crippen molar-refractivity contribution in [1.82, 2.24) is 10.2 Å². The van der Waals surface area contributed by atoms with Crippen LogP contribution in [-0.2, 0) is 11.3 Å². The fourth-order valence-corrected chi connectivity index (χ4v) is 1.09. The summed E-state index contributed by atoms with van der Waals surface area (Å²) < 4.78 is 0. The molecule has 0 atom stereocenters. The molecule has 0 unspecified atom stereocenters. The zero-order valence-corrected chi connectivity index (χ0v) is 7.64. The minimum Gasteiger partial charge on any atom is -0.304 e. The Bertz CT molecular complexity index is 269. The van der Waals surface area contributed by atoms with E-state index < -0.39 is 0 Å². The van der Waals surface area contributed by atoms with Gasteiger partial charge in [-0.3, -0.25) is 0 Å². The van der Waals surface area contributed by atoms with Gasteiger partial charge in [0.25, 0.3) is 0 Å². The van der Waals surface area contributed by atoms with Crippen LogP contribution in [0.4, 0.5) is 0 Å². The molecule has 66 valence electrons. The maximum atomic E-state index is 5.70. The molecule has 0 spiro atoms. The van der Waals surface area contributed by atoms with Crippen LogP contribution < -0.4 is 5.90 Å². The van der Waals surface area contributed by atoms with Gasteiger partial charge in [-0.25, -0.2) is 5.90 Å². The van der Waals surface area contributed by atoms with Crippen molar-refractivity contribution in [3.63, 3.8) is 0 Å². The van der Waals surface area contributed by atoms with Gasteiger partial charge in [0.2, 0.25) is 0 Å². The number of rotatable bonds is 3. The highest BCUT2D eigenvalue weighted by Gasteiger charge is 2.03. The molecule has 1 aromatic rings. The molecule has 1 rings (SSSR count). The van der Waals surface area contributed by atoms with Crippen molar-refractivity contribution >= 4 is 23.2 Å². The van der Waals surface area contributed by atoms with E-state index in [1.54, 1.807) is 6.07 Å². The minimum absolute atomic E-state index is 0.312. The standard InChI is InChI=1S/C6H7Cl2N3O/c7-5-3-4(1-2-12-9)6(8)11-10-5/h3H,1-2,9H2. The highest BCUT2D eigenvalue weighted by atomic mass is 35.5. The first-order valence-corrected chi connectivity index (χ1v) is 3.99. The summed E-state index contributed by atoms with van der Waals surface area (Å²) in [5.74, 6) is 4.85. The normalized spacial score (nSPS) is 10.2. The zero-order chi connectivity index (χ0) is 8.97. The van der Waals surface area contributed by atoms with Gasteiger partial charge in [-0.05, 0) is 11.6 Å². The Kier molecular flexibility index (Phi) is 3.68. The first kappa shape index (κ1) is 9.67. The molecule has 0 saturated heterocycles. The summed E-state index contributed by atoms with van der Waals surface area (Å²) in [4.78, 5) is 4.39. The smallest absolute Gasteiger partial charge is 0.155 e. The largest absolute Gasteiger partial charge is 0.304 e. The van der Waals surface area contributed by atoms with E-state index in [4.69, 9.17) is 29.1 Å². The summed E-state index contributed by atoms with van der Waals surface area (Å²) in [6, 6.07) is 1.63. The van der Waals surface area contributed by atoms with Crippen LogP contribution in [0.2, 0.25) is 10.3 Å². The Morgan fingerprint density at radius 1 is 1.42 bits per heavy atom. The summed E-state index contributed by atoms with van der Waals surface area (Å²) in [7, 11) is 0. The molecule has 0 aromatic carbocycles. The van der Waals surface area contributed by atoms with Gasteiger partial charge in [-0.1, -0.05) is 23.2 Å². The Morgan fingerprint density at radius 3 is 2.83 bits per heavy atom. The maximum Gasteiger partial charge on any atom is 0.155 e. The summed E-state index contributed by atoms with van der Waals surface area (Å²) >= 11 is 11.3. The second kappa shape index (κ2) is 4.57. The van der Waals surface area contributed by atoms with Crippen LogP contribution in [0.15, 0.2) is 6.07 Å². The average Bonchev–Trinajstić information content (AvgIpc) is 2.07. The van der Waals surface area contributed by atoms with Crippen molar-refractivity contribution in [2.24, 2.45) is 5.90 Å². The molecule has 1 heterocycles. The van der Waals surface area contributed by atoms with Crippen LogP contribution in [0.1, 0.15) is 5.56 Å². The number of nitrogens with two attached hydrogens (primary N) is 1. The third-order valence-electron chi connectivity index (χ3n) is 1.28. The summed E-state index contributed by atoms with van der Waals surface area (Å²) in [5.41, 5.74) is 0.780. The summed E-state index contributed by atoms with van der Waals surface area (Å²) in [5, 5.41) is 7.82. The van der Waals surface area contributed by atoms with Crippen LogP contribution in [0, 0.1) is 0 Å². The van der Waals surface area contributed by atoms with E-state index >= 15 is 0 Å². The van der Waals surface area contributed by atoms with Gasteiger partial charge in [0.15, 0.2) is 10.3 Å². The van der Waals surface area contributed by atoms with E-state index in [0.29, 0.717) is 23.3 Å². The van der Waals surface area contributed by atoms with Crippen molar-refractivity contribution < 1.29 is 4.84 Å². The van der Waals surface area contributed by atoms with E-state index in [2.05, 4.69) is 15.0 Å². The molecular weight excluding hydrogens is 201 g/mol. The monoisotopic (exact) mass is 207 g/mol. The van der Waals surface area contributed by atoms with E-state index in [9.17, 15) is 0 Å². The Morgan fingerprint density at radius 2 is 2.17 bits per heavy atom. The molecule has 4 nitrogen and oxygen atoms in total. The number of halogens is 2. The Balaban J connectivity index is 2.75. The molecule has 0 aliphatic carbocycles. The minimum atomic E-state index is 0.312. The molecule has 12 heavy (non-hydrogen) atoms. The molecular formula is C6H7Cl2N3O. The van der Waals surface area contributed by atoms with Gasteiger partial charge in [0, 0.05) is 6.42 Å². The molecule has 0 saturated carbocycles. The van der Waals surface area contributed by atoms with Crippen LogP contribution in [0.5, 0.6) is 0 Å². The topological polar surface area (TPSA) is 61.0 Å². The molecule has 6 heteroatoms. The first-order valence-electron chi connectivity index (χ1n) is 3.23.